The lowest BCUT2D eigenvalue weighted by Crippen LogP contribution is -2.14. The fraction of sp³-hybridized carbons (Fsp3) is 0.167. The monoisotopic (exact) mass is 125 g/mol. The van der Waals surface area contributed by atoms with Gasteiger partial charge >= 0.3 is 0 Å². The predicted octanol–water partition coefficient (Wildman–Crippen LogP) is -0.154. The number of hydrogen-bond acceptors (Lipinski definition) is 2. The molecule has 1 aromatic heterocycles. The van der Waals surface area contributed by atoms with Gasteiger partial charge in [0.05, 0.1) is 12.6 Å². The SMILES string of the molecule is N[C](CO)c1cc[nH]c1. The first-order valence-corrected chi connectivity index (χ1v) is 2.70. The molecule has 1 heterocycles. The van der Waals surface area contributed by atoms with Gasteiger partial charge in [-0.1, -0.05) is 0 Å². The summed E-state index contributed by atoms with van der Waals surface area (Å²) in [6.45, 7) is -0.0855. The van der Waals surface area contributed by atoms with Gasteiger partial charge in [0.1, 0.15) is 0 Å². The normalized spacial score (nSPS) is 10.6. The molecule has 3 nitrogen and oxygen atoms in total. The minimum Gasteiger partial charge on any atom is -0.394 e. The van der Waals surface area contributed by atoms with Gasteiger partial charge in [0, 0.05) is 12.4 Å². The molecule has 0 saturated carbocycles. The fourth-order valence-electron chi connectivity index (χ4n) is 0.615. The third-order valence-electron chi connectivity index (χ3n) is 1.14. The van der Waals surface area contributed by atoms with Crippen molar-refractivity contribution in [1.82, 2.24) is 4.98 Å². The van der Waals surface area contributed by atoms with Crippen LogP contribution in [-0.2, 0) is 0 Å². The second kappa shape index (κ2) is 2.66. The Morgan fingerprint density at radius 3 is 3.00 bits per heavy atom. The van der Waals surface area contributed by atoms with E-state index in [9.17, 15) is 0 Å². The number of nitrogens with two attached hydrogens (primary N) is 1. The molecule has 3 heteroatoms. The summed E-state index contributed by atoms with van der Waals surface area (Å²) in [7, 11) is 0. The highest BCUT2D eigenvalue weighted by molar-refractivity contribution is 5.25. The van der Waals surface area contributed by atoms with Gasteiger partial charge in [-0.05, 0) is 11.6 Å². The maximum absolute atomic E-state index is 8.53. The number of nitrogens with one attached hydrogen (secondary N) is 1. The minimum atomic E-state index is -0.0855. The molecule has 0 bridgehead atoms. The first-order valence-electron chi connectivity index (χ1n) is 2.70. The van der Waals surface area contributed by atoms with Gasteiger partial charge in [0.2, 0.25) is 0 Å². The van der Waals surface area contributed by atoms with Gasteiger partial charge in [-0.2, -0.15) is 0 Å². The van der Waals surface area contributed by atoms with Crippen LogP contribution < -0.4 is 5.73 Å². The molecule has 0 saturated heterocycles. The van der Waals surface area contributed by atoms with E-state index < -0.39 is 0 Å². The molecule has 0 aliphatic carbocycles. The Hall–Kier alpha value is -0.800. The summed E-state index contributed by atoms with van der Waals surface area (Å²) in [5.41, 5.74) is 6.24. The second-order valence-electron chi connectivity index (χ2n) is 1.78. The average molecular weight is 125 g/mol. The average Bonchev–Trinajstić information content (AvgIpc) is 2.37. The van der Waals surface area contributed by atoms with Crippen LogP contribution in [-0.4, -0.2) is 16.7 Å². The van der Waals surface area contributed by atoms with Crippen LogP contribution in [0.2, 0.25) is 0 Å². The van der Waals surface area contributed by atoms with Crippen molar-refractivity contribution >= 4 is 0 Å². The standard InChI is InChI=1S/C6H9N2O/c7-6(4-9)5-1-2-8-3-5/h1-3,8-9H,4,7H2. The Labute approximate surface area is 53.5 Å². The molecule has 0 aromatic carbocycles. The van der Waals surface area contributed by atoms with Crippen molar-refractivity contribution in [2.75, 3.05) is 6.61 Å². The third-order valence-corrected chi connectivity index (χ3v) is 1.14. The van der Waals surface area contributed by atoms with Crippen molar-refractivity contribution in [1.29, 1.82) is 0 Å². The topological polar surface area (TPSA) is 62.0 Å². The van der Waals surface area contributed by atoms with Crippen molar-refractivity contribution in [2.45, 2.75) is 0 Å². The summed E-state index contributed by atoms with van der Waals surface area (Å²) in [4.78, 5) is 2.83. The van der Waals surface area contributed by atoms with Crippen LogP contribution in [0.15, 0.2) is 18.5 Å². The number of H-pyrrole nitrogens is 1. The van der Waals surface area contributed by atoms with Crippen LogP contribution in [0.3, 0.4) is 0 Å². The lowest BCUT2D eigenvalue weighted by Gasteiger charge is -2.00. The van der Waals surface area contributed by atoms with Crippen molar-refractivity contribution in [3.63, 3.8) is 0 Å². The van der Waals surface area contributed by atoms with Crippen LogP contribution in [0.5, 0.6) is 0 Å². The van der Waals surface area contributed by atoms with E-state index in [0.717, 1.165) is 5.56 Å². The molecule has 0 aliphatic heterocycles. The summed E-state index contributed by atoms with van der Waals surface area (Å²) in [5, 5.41) is 8.53. The number of aromatic nitrogens is 1. The molecule has 0 atom stereocenters. The molecular formula is C6H9N2O. The smallest absolute Gasteiger partial charge is 0.0906 e. The summed E-state index contributed by atoms with van der Waals surface area (Å²) >= 11 is 0. The van der Waals surface area contributed by atoms with E-state index in [4.69, 9.17) is 10.8 Å². The Morgan fingerprint density at radius 1 is 1.78 bits per heavy atom. The quantitative estimate of drug-likeness (QED) is 0.514. The fourth-order valence-corrected chi connectivity index (χ4v) is 0.615. The Kier molecular flexibility index (Phi) is 1.87. The first kappa shape index (κ1) is 6.32. The minimum absolute atomic E-state index is 0.0855. The van der Waals surface area contributed by atoms with E-state index in [1.54, 1.807) is 12.4 Å². The summed E-state index contributed by atoms with van der Waals surface area (Å²) in [5.74, 6) is 0. The largest absolute Gasteiger partial charge is 0.394 e. The summed E-state index contributed by atoms with van der Waals surface area (Å²) in [6.07, 6.45) is 3.50. The molecule has 1 radical (unpaired) electrons. The Balaban J connectivity index is 2.65. The van der Waals surface area contributed by atoms with E-state index in [2.05, 4.69) is 4.98 Å². The van der Waals surface area contributed by atoms with Gasteiger partial charge in [-0.25, -0.2) is 0 Å². The number of aliphatic hydroxyl groups is 1. The summed E-state index contributed by atoms with van der Waals surface area (Å²) < 4.78 is 0. The lowest BCUT2D eigenvalue weighted by molar-refractivity contribution is 0.312. The highest BCUT2D eigenvalue weighted by Gasteiger charge is 2.03. The molecular weight excluding hydrogens is 116 g/mol. The highest BCUT2D eigenvalue weighted by Crippen LogP contribution is 2.04. The van der Waals surface area contributed by atoms with E-state index in [1.807, 2.05) is 6.07 Å². The molecule has 1 rings (SSSR count). The van der Waals surface area contributed by atoms with Crippen molar-refractivity contribution in [2.24, 2.45) is 5.73 Å². The van der Waals surface area contributed by atoms with E-state index in [1.165, 1.54) is 0 Å². The molecule has 0 spiro atoms. The second-order valence-corrected chi connectivity index (χ2v) is 1.78. The lowest BCUT2D eigenvalue weighted by atomic mass is 10.2. The van der Waals surface area contributed by atoms with Gasteiger partial charge < -0.3 is 15.8 Å². The van der Waals surface area contributed by atoms with Crippen LogP contribution in [0.25, 0.3) is 0 Å². The molecule has 0 aliphatic rings. The number of hydrogen-bond donors (Lipinski definition) is 3. The number of aliphatic hydroxyl groups excluding tert-OH is 1. The van der Waals surface area contributed by atoms with E-state index in [-0.39, 0.29) is 6.61 Å². The number of rotatable bonds is 2. The molecule has 1 aromatic rings. The van der Waals surface area contributed by atoms with Crippen LogP contribution >= 0.6 is 0 Å². The molecule has 4 N–H and O–H groups in total. The van der Waals surface area contributed by atoms with Crippen LogP contribution in [0, 0.1) is 6.04 Å². The maximum atomic E-state index is 8.53. The zero-order valence-electron chi connectivity index (χ0n) is 4.96. The van der Waals surface area contributed by atoms with E-state index in [0.29, 0.717) is 6.04 Å². The Morgan fingerprint density at radius 2 is 2.56 bits per heavy atom. The van der Waals surface area contributed by atoms with E-state index >= 15 is 0 Å². The molecule has 0 unspecified atom stereocenters. The number of aromatic amines is 1. The van der Waals surface area contributed by atoms with Crippen LogP contribution in [0.4, 0.5) is 0 Å². The van der Waals surface area contributed by atoms with Gasteiger partial charge in [0.15, 0.2) is 0 Å². The molecule has 0 amide bonds. The van der Waals surface area contributed by atoms with Crippen molar-refractivity contribution < 1.29 is 5.11 Å². The maximum Gasteiger partial charge on any atom is 0.0906 e. The van der Waals surface area contributed by atoms with Gasteiger partial charge in [-0.15, -0.1) is 0 Å². The molecule has 49 valence electrons. The first-order chi connectivity index (χ1) is 4.34. The highest BCUT2D eigenvalue weighted by atomic mass is 16.3. The third kappa shape index (κ3) is 1.31. The predicted molar refractivity (Wildman–Crippen MR) is 34.4 cm³/mol. The Bertz CT molecular complexity index is 160. The van der Waals surface area contributed by atoms with Gasteiger partial charge in [0.25, 0.3) is 0 Å². The van der Waals surface area contributed by atoms with Crippen LogP contribution in [0.1, 0.15) is 5.56 Å². The summed E-state index contributed by atoms with van der Waals surface area (Å²) in [6, 6.07) is 2.31. The zero-order valence-corrected chi connectivity index (χ0v) is 4.96. The van der Waals surface area contributed by atoms with Crippen molar-refractivity contribution in [3.8, 4) is 0 Å². The molecule has 0 fully saturated rings. The van der Waals surface area contributed by atoms with Crippen molar-refractivity contribution in [3.05, 3.63) is 30.1 Å². The zero-order chi connectivity index (χ0) is 6.69. The molecule has 9 heavy (non-hydrogen) atoms. The van der Waals surface area contributed by atoms with Gasteiger partial charge in [-0.3, -0.25) is 0 Å².